The molecule has 0 aliphatic rings. The van der Waals surface area contributed by atoms with Crippen LogP contribution in [-0.4, -0.2) is 0 Å². The summed E-state index contributed by atoms with van der Waals surface area (Å²) in [5, 5.41) is 9.26. The molecule has 0 amide bonds. The number of nitrogens with zero attached hydrogens (tertiary/aromatic N) is 1. The second-order valence-electron chi connectivity index (χ2n) is 2.15. The number of hydrogen-bond acceptors (Lipinski definition) is 1. The lowest BCUT2D eigenvalue weighted by Crippen LogP contribution is -1.83. The van der Waals surface area contributed by atoms with E-state index < -0.39 is 0 Å². The fraction of sp³-hybridized carbons (Fsp3) is 0.125. The van der Waals surface area contributed by atoms with E-state index in [-0.39, 0.29) is 0 Å². The summed E-state index contributed by atoms with van der Waals surface area (Å²) in [5.41, 5.74) is 1.54. The molecule has 0 fully saturated rings. The van der Waals surface area contributed by atoms with Gasteiger partial charge in [-0.1, -0.05) is 11.6 Å². The van der Waals surface area contributed by atoms with Crippen LogP contribution in [0.5, 0.6) is 0 Å². The molecule has 0 aliphatic heterocycles. The fourth-order valence-corrected chi connectivity index (χ4v) is 1.32. The molecule has 1 nitrogen and oxygen atoms in total. The molecule has 0 unspecified atom stereocenters. The first-order valence-electron chi connectivity index (χ1n) is 3.01. The van der Waals surface area contributed by atoms with E-state index in [1.807, 2.05) is 6.92 Å². The Hall–Kier alpha value is -0.520. The second kappa shape index (κ2) is 3.25. The van der Waals surface area contributed by atoms with Crippen LogP contribution < -0.4 is 0 Å². The highest BCUT2D eigenvalue weighted by atomic mass is 79.9. The minimum Gasteiger partial charge on any atom is -0.192 e. The van der Waals surface area contributed by atoms with Gasteiger partial charge in [0.2, 0.25) is 0 Å². The van der Waals surface area contributed by atoms with Gasteiger partial charge in [-0.3, -0.25) is 0 Å². The maximum Gasteiger partial charge on any atom is 0.0994 e. The summed E-state index contributed by atoms with van der Waals surface area (Å²) in [7, 11) is 0. The number of rotatable bonds is 0. The Bertz CT molecular complexity index is 328. The van der Waals surface area contributed by atoms with E-state index in [0.29, 0.717) is 10.6 Å². The van der Waals surface area contributed by atoms with E-state index in [0.717, 1.165) is 10.0 Å². The van der Waals surface area contributed by atoms with Gasteiger partial charge in [0.1, 0.15) is 0 Å². The van der Waals surface area contributed by atoms with Crippen molar-refractivity contribution in [3.05, 3.63) is 32.8 Å². The zero-order valence-corrected chi connectivity index (χ0v) is 8.20. The van der Waals surface area contributed by atoms with Crippen LogP contribution in [0.15, 0.2) is 16.6 Å². The smallest absolute Gasteiger partial charge is 0.0994 e. The van der Waals surface area contributed by atoms with Crippen LogP contribution in [0, 0.1) is 18.3 Å². The minimum absolute atomic E-state index is 0.640. The molecule has 0 bridgehead atoms. The van der Waals surface area contributed by atoms with Gasteiger partial charge >= 0.3 is 0 Å². The lowest BCUT2D eigenvalue weighted by Gasteiger charge is -2.01. The average Bonchev–Trinajstić information content (AvgIpc) is 2.01. The van der Waals surface area contributed by atoms with Crippen molar-refractivity contribution in [3.63, 3.8) is 0 Å². The molecular formula is C8H5BrClN. The Morgan fingerprint density at radius 3 is 2.73 bits per heavy atom. The lowest BCUT2D eigenvalue weighted by molar-refractivity contribution is 1.37. The third kappa shape index (κ3) is 1.55. The van der Waals surface area contributed by atoms with E-state index in [9.17, 15) is 0 Å². The van der Waals surface area contributed by atoms with Crippen LogP contribution in [0.3, 0.4) is 0 Å². The quantitative estimate of drug-likeness (QED) is 0.671. The van der Waals surface area contributed by atoms with Crippen molar-refractivity contribution in [1.82, 2.24) is 0 Å². The third-order valence-corrected chi connectivity index (χ3v) is 3.02. The van der Waals surface area contributed by atoms with Crippen LogP contribution >= 0.6 is 27.5 Å². The number of nitriles is 1. The van der Waals surface area contributed by atoms with E-state index in [2.05, 4.69) is 22.0 Å². The zero-order valence-electron chi connectivity index (χ0n) is 5.86. The molecule has 0 saturated heterocycles. The van der Waals surface area contributed by atoms with E-state index in [1.165, 1.54) is 0 Å². The van der Waals surface area contributed by atoms with Gasteiger partial charge in [-0.2, -0.15) is 5.26 Å². The standard InChI is InChI=1S/C8H5BrClN/c1-5-6(4-11)2-3-7(10)8(5)9/h2-3H,1H3. The topological polar surface area (TPSA) is 23.8 Å². The van der Waals surface area contributed by atoms with Gasteiger partial charge in [0.15, 0.2) is 0 Å². The Morgan fingerprint density at radius 1 is 1.55 bits per heavy atom. The number of benzene rings is 1. The van der Waals surface area contributed by atoms with Gasteiger partial charge in [0.05, 0.1) is 16.7 Å². The lowest BCUT2D eigenvalue weighted by atomic mass is 10.1. The monoisotopic (exact) mass is 229 g/mol. The van der Waals surface area contributed by atoms with Gasteiger partial charge in [-0.05, 0) is 40.5 Å². The molecule has 0 radical (unpaired) electrons. The zero-order chi connectivity index (χ0) is 8.43. The molecule has 3 heteroatoms. The molecule has 0 spiro atoms. The molecule has 0 saturated carbocycles. The molecule has 0 N–H and O–H groups in total. The van der Waals surface area contributed by atoms with Crippen LogP contribution in [0.1, 0.15) is 11.1 Å². The molecule has 11 heavy (non-hydrogen) atoms. The molecule has 1 rings (SSSR count). The maximum atomic E-state index is 8.62. The second-order valence-corrected chi connectivity index (χ2v) is 3.35. The molecule has 0 aliphatic carbocycles. The van der Waals surface area contributed by atoms with Crippen molar-refractivity contribution in [2.24, 2.45) is 0 Å². The van der Waals surface area contributed by atoms with Crippen molar-refractivity contribution in [1.29, 1.82) is 5.26 Å². The predicted octanol–water partition coefficient (Wildman–Crippen LogP) is 3.28. The Kier molecular flexibility index (Phi) is 2.53. The molecule has 0 atom stereocenters. The summed E-state index contributed by atoms with van der Waals surface area (Å²) in [6.07, 6.45) is 0. The summed E-state index contributed by atoms with van der Waals surface area (Å²) in [4.78, 5) is 0. The van der Waals surface area contributed by atoms with Crippen LogP contribution in [0.4, 0.5) is 0 Å². The Morgan fingerprint density at radius 2 is 2.18 bits per heavy atom. The number of hydrogen-bond donors (Lipinski definition) is 0. The first-order valence-corrected chi connectivity index (χ1v) is 4.18. The number of halogens is 2. The molecule has 56 valence electrons. The molecule has 0 heterocycles. The summed E-state index contributed by atoms with van der Waals surface area (Å²) in [6.45, 7) is 1.86. The minimum atomic E-state index is 0.640. The van der Waals surface area contributed by atoms with Crippen LogP contribution in [0.2, 0.25) is 5.02 Å². The van der Waals surface area contributed by atoms with Crippen LogP contribution in [-0.2, 0) is 0 Å². The van der Waals surface area contributed by atoms with Crippen LogP contribution in [0.25, 0.3) is 0 Å². The maximum absolute atomic E-state index is 8.62. The van der Waals surface area contributed by atoms with E-state index >= 15 is 0 Å². The van der Waals surface area contributed by atoms with Gasteiger partial charge in [-0.15, -0.1) is 0 Å². The van der Waals surface area contributed by atoms with Gasteiger partial charge in [-0.25, -0.2) is 0 Å². The normalized spacial score (nSPS) is 9.27. The van der Waals surface area contributed by atoms with Gasteiger partial charge < -0.3 is 0 Å². The van der Waals surface area contributed by atoms with Gasteiger partial charge in [0, 0.05) is 4.47 Å². The SMILES string of the molecule is Cc1c(C#N)ccc(Cl)c1Br. The fourth-order valence-electron chi connectivity index (χ4n) is 0.773. The Balaban J connectivity index is 3.40. The van der Waals surface area contributed by atoms with E-state index in [1.54, 1.807) is 12.1 Å². The highest BCUT2D eigenvalue weighted by Crippen LogP contribution is 2.27. The summed E-state index contributed by atoms with van der Waals surface area (Å²) < 4.78 is 0.804. The summed E-state index contributed by atoms with van der Waals surface area (Å²) in [6, 6.07) is 5.49. The third-order valence-electron chi connectivity index (χ3n) is 1.46. The average molecular weight is 230 g/mol. The largest absolute Gasteiger partial charge is 0.192 e. The highest BCUT2D eigenvalue weighted by Gasteiger charge is 2.04. The van der Waals surface area contributed by atoms with E-state index in [4.69, 9.17) is 16.9 Å². The van der Waals surface area contributed by atoms with Crippen molar-refractivity contribution in [3.8, 4) is 6.07 Å². The van der Waals surface area contributed by atoms with Crippen molar-refractivity contribution < 1.29 is 0 Å². The first kappa shape index (κ1) is 8.58. The molecular weight excluding hydrogens is 225 g/mol. The highest BCUT2D eigenvalue weighted by molar-refractivity contribution is 9.10. The summed E-state index contributed by atoms with van der Waals surface area (Å²) >= 11 is 9.07. The van der Waals surface area contributed by atoms with Crippen molar-refractivity contribution >= 4 is 27.5 Å². The van der Waals surface area contributed by atoms with Gasteiger partial charge in [0.25, 0.3) is 0 Å². The predicted molar refractivity (Wildman–Crippen MR) is 48.6 cm³/mol. The summed E-state index contributed by atoms with van der Waals surface area (Å²) in [5.74, 6) is 0. The molecule has 0 aromatic heterocycles. The van der Waals surface area contributed by atoms with Crippen molar-refractivity contribution in [2.75, 3.05) is 0 Å². The first-order chi connectivity index (χ1) is 5.16. The molecule has 1 aromatic carbocycles. The molecule has 1 aromatic rings. The van der Waals surface area contributed by atoms with Crippen molar-refractivity contribution in [2.45, 2.75) is 6.92 Å². The Labute approximate surface area is 78.7 Å².